The largest absolute Gasteiger partial charge is 0.336 e. The zero-order valence-corrected chi connectivity index (χ0v) is 22.5. The number of carbonyl (C=O) groups excluding carboxylic acids is 3. The number of fused-ring (bicyclic) bond motifs is 1. The summed E-state index contributed by atoms with van der Waals surface area (Å²) in [5, 5.41) is 5.80. The van der Waals surface area contributed by atoms with Gasteiger partial charge in [-0.25, -0.2) is 4.98 Å². The molecule has 3 aromatic carbocycles. The molecule has 0 atom stereocenters. The Morgan fingerprint density at radius 1 is 0.868 bits per heavy atom. The zero-order chi connectivity index (χ0) is 26.5. The van der Waals surface area contributed by atoms with Gasteiger partial charge in [-0.05, 0) is 49.5 Å². The minimum Gasteiger partial charge on any atom is -0.336 e. The molecule has 1 aromatic heterocycles. The average Bonchev–Trinajstić information content (AvgIpc) is 3.35. The van der Waals surface area contributed by atoms with E-state index >= 15 is 0 Å². The number of anilines is 2. The molecule has 8 nitrogen and oxygen atoms in total. The van der Waals surface area contributed by atoms with Gasteiger partial charge in [0.1, 0.15) is 0 Å². The first-order valence-corrected chi connectivity index (χ1v) is 14.0. The molecule has 0 saturated carbocycles. The second-order valence-electron chi connectivity index (χ2n) is 8.96. The molecule has 0 radical (unpaired) electrons. The first kappa shape index (κ1) is 25.9. The molecular formula is C28H27N5O3S2. The Morgan fingerprint density at radius 2 is 1.58 bits per heavy atom. The van der Waals surface area contributed by atoms with Crippen LogP contribution in [0.3, 0.4) is 0 Å². The number of nitrogens with zero attached hydrogens (tertiary/aromatic N) is 3. The smallest absolute Gasteiger partial charge is 0.256 e. The van der Waals surface area contributed by atoms with E-state index in [1.807, 2.05) is 49.5 Å². The summed E-state index contributed by atoms with van der Waals surface area (Å²) in [6, 6.07) is 21.8. The standard InChI is InChI=1S/C28H27N5O3S2/c1-32-13-15-33(16-14-32)27(36)22-10-6-5-9-21(22)26(35)30-20-11-12-23-24(17-20)38-28(31-23)37-18-25(34)29-19-7-3-2-4-8-19/h2-12,17H,13-16,18H2,1H3,(H,29,34)(H,30,35). The number of thiazole rings is 1. The third-order valence-corrected chi connectivity index (χ3v) is 8.36. The van der Waals surface area contributed by atoms with Crippen molar-refractivity contribution in [2.75, 3.05) is 49.6 Å². The summed E-state index contributed by atoms with van der Waals surface area (Å²) in [4.78, 5) is 47.2. The van der Waals surface area contributed by atoms with Crippen LogP contribution < -0.4 is 10.6 Å². The number of carbonyl (C=O) groups is 3. The number of benzene rings is 3. The number of amides is 3. The van der Waals surface area contributed by atoms with Crippen molar-refractivity contribution in [2.45, 2.75) is 4.34 Å². The first-order valence-electron chi connectivity index (χ1n) is 12.2. The molecule has 194 valence electrons. The molecule has 1 aliphatic rings. The molecule has 0 bridgehead atoms. The number of hydrogen-bond acceptors (Lipinski definition) is 7. The molecule has 0 spiro atoms. The minimum absolute atomic E-state index is 0.0989. The van der Waals surface area contributed by atoms with Gasteiger partial charge in [-0.2, -0.15) is 0 Å². The van der Waals surface area contributed by atoms with Crippen molar-refractivity contribution in [1.29, 1.82) is 0 Å². The highest BCUT2D eigenvalue weighted by molar-refractivity contribution is 8.01. The molecule has 1 aliphatic heterocycles. The number of para-hydroxylation sites is 1. The molecular weight excluding hydrogens is 518 g/mol. The van der Waals surface area contributed by atoms with Crippen LogP contribution >= 0.6 is 23.1 Å². The Morgan fingerprint density at radius 3 is 2.34 bits per heavy atom. The lowest BCUT2D eigenvalue weighted by Gasteiger charge is -2.32. The highest BCUT2D eigenvalue weighted by atomic mass is 32.2. The lowest BCUT2D eigenvalue weighted by molar-refractivity contribution is -0.113. The van der Waals surface area contributed by atoms with Crippen molar-refractivity contribution in [2.24, 2.45) is 0 Å². The van der Waals surface area contributed by atoms with Gasteiger partial charge < -0.3 is 20.4 Å². The van der Waals surface area contributed by atoms with Crippen LogP contribution in [0.1, 0.15) is 20.7 Å². The van der Waals surface area contributed by atoms with Gasteiger partial charge in [0.15, 0.2) is 4.34 Å². The van der Waals surface area contributed by atoms with Gasteiger partial charge in [0.2, 0.25) is 5.91 Å². The molecule has 3 amide bonds. The van der Waals surface area contributed by atoms with Gasteiger partial charge in [-0.1, -0.05) is 42.1 Å². The number of thioether (sulfide) groups is 1. The predicted molar refractivity (Wildman–Crippen MR) is 153 cm³/mol. The van der Waals surface area contributed by atoms with E-state index in [1.54, 1.807) is 35.2 Å². The summed E-state index contributed by atoms with van der Waals surface area (Å²) in [5.74, 6) is -0.312. The van der Waals surface area contributed by atoms with E-state index in [-0.39, 0.29) is 23.5 Å². The molecule has 5 rings (SSSR count). The van der Waals surface area contributed by atoms with Crippen LogP contribution in [0.15, 0.2) is 77.1 Å². The lowest BCUT2D eigenvalue weighted by Crippen LogP contribution is -2.47. The molecule has 2 N–H and O–H groups in total. The molecule has 2 heterocycles. The fourth-order valence-electron chi connectivity index (χ4n) is 4.13. The van der Waals surface area contributed by atoms with Crippen molar-refractivity contribution < 1.29 is 14.4 Å². The van der Waals surface area contributed by atoms with Crippen molar-refractivity contribution in [3.05, 3.63) is 83.9 Å². The van der Waals surface area contributed by atoms with E-state index < -0.39 is 0 Å². The maximum Gasteiger partial charge on any atom is 0.256 e. The summed E-state index contributed by atoms with van der Waals surface area (Å²) >= 11 is 2.84. The van der Waals surface area contributed by atoms with E-state index in [2.05, 4.69) is 20.5 Å². The van der Waals surface area contributed by atoms with Crippen LogP contribution in [-0.2, 0) is 4.79 Å². The van der Waals surface area contributed by atoms with Crippen molar-refractivity contribution >= 4 is 62.4 Å². The van der Waals surface area contributed by atoms with E-state index in [1.165, 1.54) is 23.1 Å². The van der Waals surface area contributed by atoms with Crippen LogP contribution in [-0.4, -0.2) is 71.5 Å². The fourth-order valence-corrected chi connectivity index (χ4v) is 6.04. The maximum absolute atomic E-state index is 13.2. The van der Waals surface area contributed by atoms with Crippen molar-refractivity contribution in [3.63, 3.8) is 0 Å². The molecule has 38 heavy (non-hydrogen) atoms. The Hall–Kier alpha value is -3.73. The summed E-state index contributed by atoms with van der Waals surface area (Å²) in [5.41, 5.74) is 2.92. The predicted octanol–water partition coefficient (Wildman–Crippen LogP) is 4.67. The van der Waals surface area contributed by atoms with E-state index in [9.17, 15) is 14.4 Å². The normalized spacial score (nSPS) is 13.9. The molecule has 10 heteroatoms. The van der Waals surface area contributed by atoms with Gasteiger partial charge in [-0.3, -0.25) is 14.4 Å². The van der Waals surface area contributed by atoms with E-state index in [4.69, 9.17) is 0 Å². The highest BCUT2D eigenvalue weighted by Gasteiger charge is 2.24. The van der Waals surface area contributed by atoms with E-state index in [0.29, 0.717) is 29.9 Å². The number of rotatable bonds is 7. The molecule has 1 fully saturated rings. The maximum atomic E-state index is 13.2. The van der Waals surface area contributed by atoms with Crippen LogP contribution in [0.5, 0.6) is 0 Å². The topological polar surface area (TPSA) is 94.6 Å². The lowest BCUT2D eigenvalue weighted by atomic mass is 10.0. The van der Waals surface area contributed by atoms with Gasteiger partial charge in [0, 0.05) is 37.6 Å². The second kappa shape index (κ2) is 11.8. The Labute approximate surface area is 229 Å². The Balaban J connectivity index is 1.24. The Kier molecular flexibility index (Phi) is 8.02. The second-order valence-corrected chi connectivity index (χ2v) is 11.2. The Bertz CT molecular complexity index is 1470. The molecule has 4 aromatic rings. The van der Waals surface area contributed by atoms with Gasteiger partial charge in [0.05, 0.1) is 27.1 Å². The number of nitrogens with one attached hydrogen (secondary N) is 2. The van der Waals surface area contributed by atoms with Gasteiger partial charge >= 0.3 is 0 Å². The first-order chi connectivity index (χ1) is 18.5. The van der Waals surface area contributed by atoms with Crippen LogP contribution in [0.25, 0.3) is 10.2 Å². The van der Waals surface area contributed by atoms with Crippen molar-refractivity contribution in [3.8, 4) is 0 Å². The SMILES string of the molecule is CN1CCN(C(=O)c2ccccc2C(=O)Nc2ccc3nc(SCC(=O)Nc4ccccc4)sc3c2)CC1. The number of aromatic nitrogens is 1. The third-order valence-electron chi connectivity index (χ3n) is 6.20. The van der Waals surface area contributed by atoms with Crippen LogP contribution in [0.2, 0.25) is 0 Å². The average molecular weight is 546 g/mol. The zero-order valence-electron chi connectivity index (χ0n) is 20.8. The third kappa shape index (κ3) is 6.21. The summed E-state index contributed by atoms with van der Waals surface area (Å²) in [7, 11) is 2.04. The fraction of sp³-hybridized carbons (Fsp3) is 0.214. The van der Waals surface area contributed by atoms with Gasteiger partial charge in [0.25, 0.3) is 11.8 Å². The molecule has 1 saturated heterocycles. The summed E-state index contributed by atoms with van der Waals surface area (Å²) in [6.45, 7) is 2.91. The summed E-state index contributed by atoms with van der Waals surface area (Å²) in [6.07, 6.45) is 0. The van der Waals surface area contributed by atoms with Crippen LogP contribution in [0, 0.1) is 0 Å². The van der Waals surface area contributed by atoms with Crippen molar-refractivity contribution in [1.82, 2.24) is 14.8 Å². The van der Waals surface area contributed by atoms with E-state index in [0.717, 1.165) is 33.3 Å². The van der Waals surface area contributed by atoms with Gasteiger partial charge in [-0.15, -0.1) is 11.3 Å². The highest BCUT2D eigenvalue weighted by Crippen LogP contribution is 2.31. The number of piperazine rings is 1. The number of hydrogen-bond donors (Lipinski definition) is 2. The molecule has 0 aliphatic carbocycles. The molecule has 0 unspecified atom stereocenters. The monoisotopic (exact) mass is 545 g/mol. The minimum atomic E-state index is -0.334. The summed E-state index contributed by atoms with van der Waals surface area (Å²) < 4.78 is 1.67. The van der Waals surface area contributed by atoms with Crippen LogP contribution in [0.4, 0.5) is 11.4 Å². The quantitative estimate of drug-likeness (QED) is 0.328. The number of likely N-dealkylation sites (N-methyl/N-ethyl adjacent to an activating group) is 1.